The molecule has 1 aromatic rings. The molecule has 94 valence electrons. The van der Waals surface area contributed by atoms with E-state index in [4.69, 9.17) is 8.85 Å². The average Bonchev–Trinajstić information content (AvgIpc) is 2.39. The van der Waals surface area contributed by atoms with Gasteiger partial charge in [-0.15, -0.1) is 0 Å². The summed E-state index contributed by atoms with van der Waals surface area (Å²) in [6.07, 6.45) is 1.83. The number of rotatable bonds is 7. The molecule has 0 aromatic heterocycles. The van der Waals surface area contributed by atoms with Crippen LogP contribution in [0.25, 0.3) is 6.08 Å². The van der Waals surface area contributed by atoms with Crippen molar-refractivity contribution in [2.45, 2.75) is 32.9 Å². The molecule has 17 heavy (non-hydrogen) atoms. The zero-order chi connectivity index (χ0) is 12.7. The Labute approximate surface area is 106 Å². The van der Waals surface area contributed by atoms with Gasteiger partial charge in [-0.05, 0) is 36.7 Å². The fourth-order valence-corrected chi connectivity index (χ4v) is 4.13. The van der Waals surface area contributed by atoms with Crippen LogP contribution in [-0.4, -0.2) is 15.2 Å². The maximum absolute atomic E-state index is 6.12. The van der Waals surface area contributed by atoms with Crippen molar-refractivity contribution in [3.8, 4) is 5.75 Å². The Kier molecular flexibility index (Phi) is 5.45. The molecule has 1 aromatic carbocycles. The van der Waals surface area contributed by atoms with Crippen molar-refractivity contribution in [3.05, 3.63) is 36.4 Å². The van der Waals surface area contributed by atoms with Crippen LogP contribution in [0, 0.1) is 0 Å². The summed E-state index contributed by atoms with van der Waals surface area (Å²) in [6, 6.07) is 9.95. The van der Waals surface area contributed by atoms with E-state index in [2.05, 4.69) is 20.4 Å². The summed E-state index contributed by atoms with van der Waals surface area (Å²) in [5.41, 5.74) is 1.11. The Morgan fingerprint density at radius 2 is 1.71 bits per heavy atom. The molecule has 2 nitrogen and oxygen atoms in total. The summed E-state index contributed by atoms with van der Waals surface area (Å²) >= 11 is 0. The summed E-state index contributed by atoms with van der Waals surface area (Å²) in [6.45, 7) is 10.8. The monoisotopic (exact) mass is 250 g/mol. The fourth-order valence-electron chi connectivity index (χ4n) is 1.78. The van der Waals surface area contributed by atoms with Crippen LogP contribution in [0.2, 0.25) is 12.1 Å². The Morgan fingerprint density at radius 3 is 2.12 bits per heavy atom. The van der Waals surface area contributed by atoms with Crippen LogP contribution in [0.4, 0.5) is 0 Å². The van der Waals surface area contributed by atoms with E-state index in [0.29, 0.717) is 0 Å². The molecular weight excluding hydrogens is 228 g/mol. The first-order chi connectivity index (χ1) is 8.19. The topological polar surface area (TPSA) is 18.5 Å². The molecule has 0 radical (unpaired) electrons. The maximum atomic E-state index is 6.12. The van der Waals surface area contributed by atoms with Crippen LogP contribution in [0.3, 0.4) is 0 Å². The third-order valence-corrected chi connectivity index (χ3v) is 6.48. The van der Waals surface area contributed by atoms with E-state index in [9.17, 15) is 0 Å². The first-order valence-corrected chi connectivity index (χ1v) is 8.48. The molecule has 0 heterocycles. The van der Waals surface area contributed by atoms with Gasteiger partial charge in [-0.2, -0.15) is 0 Å². The molecule has 0 spiro atoms. The zero-order valence-corrected chi connectivity index (χ0v) is 12.0. The standard InChI is InChI=1S/C14H22O2Si/c1-5-13-9-11-14(12-10-13)16-17(7-3,8-4)15-6-2/h5,9-12H,1,6-8H2,2-4H3. The van der Waals surface area contributed by atoms with Crippen molar-refractivity contribution in [1.29, 1.82) is 0 Å². The van der Waals surface area contributed by atoms with Crippen LogP contribution >= 0.6 is 0 Å². The minimum Gasteiger partial charge on any atom is -0.520 e. The van der Waals surface area contributed by atoms with Crippen molar-refractivity contribution in [1.82, 2.24) is 0 Å². The van der Waals surface area contributed by atoms with Gasteiger partial charge < -0.3 is 8.85 Å². The van der Waals surface area contributed by atoms with E-state index >= 15 is 0 Å². The Balaban J connectivity index is 2.81. The first kappa shape index (κ1) is 14.0. The van der Waals surface area contributed by atoms with E-state index in [0.717, 1.165) is 30.0 Å². The van der Waals surface area contributed by atoms with Crippen LogP contribution in [-0.2, 0) is 4.43 Å². The molecule has 3 heteroatoms. The van der Waals surface area contributed by atoms with Crippen LogP contribution in [0.1, 0.15) is 26.3 Å². The molecule has 0 aliphatic carbocycles. The molecule has 0 N–H and O–H groups in total. The summed E-state index contributed by atoms with van der Waals surface area (Å²) in [7, 11) is -2.04. The molecule has 0 aliphatic heterocycles. The largest absolute Gasteiger partial charge is 0.520 e. The van der Waals surface area contributed by atoms with Gasteiger partial charge in [-0.1, -0.05) is 38.6 Å². The first-order valence-electron chi connectivity index (χ1n) is 6.25. The smallest absolute Gasteiger partial charge is 0.398 e. The normalized spacial score (nSPS) is 11.2. The molecule has 0 bridgehead atoms. The van der Waals surface area contributed by atoms with Gasteiger partial charge in [0.2, 0.25) is 0 Å². The van der Waals surface area contributed by atoms with Gasteiger partial charge in [0.15, 0.2) is 0 Å². The second kappa shape index (κ2) is 6.62. The fraction of sp³-hybridized carbons (Fsp3) is 0.429. The third kappa shape index (κ3) is 3.72. The Morgan fingerprint density at radius 1 is 1.12 bits per heavy atom. The van der Waals surface area contributed by atoms with Crippen molar-refractivity contribution in [2.24, 2.45) is 0 Å². The van der Waals surface area contributed by atoms with Gasteiger partial charge in [-0.3, -0.25) is 0 Å². The van der Waals surface area contributed by atoms with Crippen LogP contribution in [0.15, 0.2) is 30.8 Å². The molecule has 0 amide bonds. The lowest BCUT2D eigenvalue weighted by Gasteiger charge is -2.28. The molecule has 0 unspecified atom stereocenters. The zero-order valence-electron chi connectivity index (χ0n) is 11.0. The van der Waals surface area contributed by atoms with Crippen molar-refractivity contribution in [2.75, 3.05) is 6.61 Å². The van der Waals surface area contributed by atoms with Gasteiger partial charge in [0.25, 0.3) is 0 Å². The second-order valence-corrected chi connectivity index (χ2v) is 7.65. The van der Waals surface area contributed by atoms with Crippen LogP contribution < -0.4 is 4.43 Å². The summed E-state index contributed by atoms with van der Waals surface area (Å²) < 4.78 is 12.0. The SMILES string of the molecule is C=Cc1ccc(O[Si](CC)(CC)OCC)cc1. The molecule has 0 atom stereocenters. The average molecular weight is 250 g/mol. The summed E-state index contributed by atoms with van der Waals surface area (Å²) in [5.74, 6) is 0.902. The Bertz CT molecular complexity index is 342. The quantitative estimate of drug-likeness (QED) is 0.674. The molecule has 0 saturated carbocycles. The Hall–Kier alpha value is -1.06. The van der Waals surface area contributed by atoms with E-state index in [1.807, 2.05) is 37.3 Å². The van der Waals surface area contributed by atoms with Crippen molar-refractivity contribution < 1.29 is 8.85 Å². The van der Waals surface area contributed by atoms with Gasteiger partial charge in [0.05, 0.1) is 0 Å². The van der Waals surface area contributed by atoms with Gasteiger partial charge in [0, 0.05) is 6.61 Å². The lowest BCUT2D eigenvalue weighted by molar-refractivity contribution is 0.252. The predicted molar refractivity (Wildman–Crippen MR) is 75.5 cm³/mol. The number of hydrogen-bond donors (Lipinski definition) is 0. The minimum absolute atomic E-state index is 0.721. The number of benzene rings is 1. The highest BCUT2D eigenvalue weighted by atomic mass is 28.4. The van der Waals surface area contributed by atoms with Gasteiger partial charge in [0.1, 0.15) is 5.75 Å². The second-order valence-electron chi connectivity index (χ2n) is 3.93. The van der Waals surface area contributed by atoms with E-state index < -0.39 is 8.56 Å². The number of hydrogen-bond acceptors (Lipinski definition) is 2. The summed E-state index contributed by atoms with van der Waals surface area (Å²) in [5, 5.41) is 0. The van der Waals surface area contributed by atoms with Gasteiger partial charge >= 0.3 is 8.56 Å². The highest BCUT2D eigenvalue weighted by molar-refractivity contribution is 6.68. The van der Waals surface area contributed by atoms with Crippen LogP contribution in [0.5, 0.6) is 5.75 Å². The molecular formula is C14H22O2Si. The molecule has 1 rings (SSSR count). The third-order valence-electron chi connectivity index (χ3n) is 2.90. The predicted octanol–water partition coefficient (Wildman–Crippen LogP) is 4.23. The molecule has 0 fully saturated rings. The lowest BCUT2D eigenvalue weighted by atomic mass is 10.2. The highest BCUT2D eigenvalue weighted by Gasteiger charge is 2.35. The minimum atomic E-state index is -2.04. The maximum Gasteiger partial charge on any atom is 0.398 e. The van der Waals surface area contributed by atoms with E-state index in [1.165, 1.54) is 0 Å². The molecule has 0 aliphatic rings. The van der Waals surface area contributed by atoms with Gasteiger partial charge in [-0.25, -0.2) is 0 Å². The highest BCUT2D eigenvalue weighted by Crippen LogP contribution is 2.23. The lowest BCUT2D eigenvalue weighted by Crippen LogP contribution is -2.44. The van der Waals surface area contributed by atoms with Crippen molar-refractivity contribution in [3.63, 3.8) is 0 Å². The molecule has 0 saturated heterocycles. The summed E-state index contributed by atoms with van der Waals surface area (Å²) in [4.78, 5) is 0. The van der Waals surface area contributed by atoms with E-state index in [-0.39, 0.29) is 0 Å². The van der Waals surface area contributed by atoms with E-state index in [1.54, 1.807) is 0 Å². The van der Waals surface area contributed by atoms with Crippen molar-refractivity contribution >= 4 is 14.6 Å².